The van der Waals surface area contributed by atoms with E-state index >= 15 is 0 Å². The molecule has 2 atom stereocenters. The summed E-state index contributed by atoms with van der Waals surface area (Å²) in [6.45, 7) is 9.20. The number of thioether (sulfide) groups is 1. The monoisotopic (exact) mass is 605 g/mol. The third-order valence-electron chi connectivity index (χ3n) is 6.84. The fourth-order valence-corrected chi connectivity index (χ4v) is 6.70. The van der Waals surface area contributed by atoms with E-state index in [2.05, 4.69) is 58.2 Å². The molecule has 0 spiro atoms. The molecule has 0 saturated carbocycles. The maximum absolute atomic E-state index is 12.3. The number of hydrogen-bond donors (Lipinski definition) is 2. The van der Waals surface area contributed by atoms with Crippen molar-refractivity contribution in [1.29, 1.82) is 0 Å². The van der Waals surface area contributed by atoms with Gasteiger partial charge in [-0.3, -0.25) is 9.80 Å². The van der Waals surface area contributed by atoms with E-state index in [1.807, 2.05) is 42.5 Å². The number of carboxylic acid groups (broad SMARTS) is 1. The van der Waals surface area contributed by atoms with Crippen molar-refractivity contribution in [3.05, 3.63) is 51.6 Å². The van der Waals surface area contributed by atoms with Crippen molar-refractivity contribution in [3.63, 3.8) is 0 Å². The summed E-state index contributed by atoms with van der Waals surface area (Å²) < 4.78 is 0.707. The van der Waals surface area contributed by atoms with Crippen LogP contribution in [0.1, 0.15) is 32.3 Å². The van der Waals surface area contributed by atoms with Crippen molar-refractivity contribution in [2.24, 2.45) is 0 Å². The molecule has 2 aliphatic rings. The maximum atomic E-state index is 12.3. The number of rotatable bonds is 9. The summed E-state index contributed by atoms with van der Waals surface area (Å²) >= 11 is 3.60. The van der Waals surface area contributed by atoms with Crippen molar-refractivity contribution < 1.29 is 15.0 Å². The van der Waals surface area contributed by atoms with Gasteiger partial charge in [0.1, 0.15) is 11.0 Å². The fourth-order valence-electron chi connectivity index (χ4n) is 4.94. The lowest BCUT2D eigenvalue weighted by atomic mass is 10.0. The molecule has 0 bridgehead atoms. The first-order chi connectivity index (χ1) is 16.9. The molecular formula is C27H32IN3O3S. The molecule has 186 valence electrons. The first-order valence-corrected chi connectivity index (χ1v) is 14.1. The van der Waals surface area contributed by atoms with E-state index in [0.717, 1.165) is 55.2 Å². The lowest BCUT2D eigenvalue weighted by Gasteiger charge is -2.37. The Kier molecular flexibility index (Phi) is 8.87. The Labute approximate surface area is 225 Å². The molecule has 2 aliphatic heterocycles. The predicted octanol–water partition coefficient (Wildman–Crippen LogP) is 4.70. The van der Waals surface area contributed by atoms with Gasteiger partial charge >= 0.3 is 5.97 Å². The molecule has 1 saturated heterocycles. The zero-order valence-electron chi connectivity index (χ0n) is 20.2. The summed E-state index contributed by atoms with van der Waals surface area (Å²) in [6, 6.07) is 16.4. The number of aliphatic carboxylic acids is 1. The van der Waals surface area contributed by atoms with Crippen molar-refractivity contribution in [3.8, 4) is 17.7 Å². The van der Waals surface area contributed by atoms with Crippen molar-refractivity contribution in [1.82, 2.24) is 9.80 Å². The Morgan fingerprint density at radius 2 is 1.86 bits per heavy atom. The lowest BCUT2D eigenvalue weighted by molar-refractivity contribution is -0.138. The average molecular weight is 606 g/mol. The molecule has 0 amide bonds. The second kappa shape index (κ2) is 11.9. The molecule has 6 nitrogen and oxygen atoms in total. The Morgan fingerprint density at radius 1 is 1.17 bits per heavy atom. The standard InChI is InChI=1S/C27H32IN3O3S/c1-3-30(4-2)20-10-13-29(14-11-20)18-19-16-21(17-23(28)26(19)32)31-15-12-24(25(31)27(33)34)35-22-8-6-5-7-9-22/h5-9,16-17,20,24-25,32H,3-4,10-11,13-14,18H2,1-2H3,(H,33,34)/t24?,25-/m0/s1. The molecule has 4 rings (SSSR count). The normalized spacial score (nSPS) is 20.7. The zero-order valence-corrected chi connectivity index (χ0v) is 23.1. The first kappa shape index (κ1) is 26.1. The van der Waals surface area contributed by atoms with Gasteiger partial charge in [-0.2, -0.15) is 0 Å². The molecule has 0 aromatic heterocycles. The van der Waals surface area contributed by atoms with Crippen LogP contribution in [0.2, 0.25) is 0 Å². The van der Waals surface area contributed by atoms with Crippen LogP contribution in [0.15, 0.2) is 47.4 Å². The van der Waals surface area contributed by atoms with Gasteiger partial charge in [-0.1, -0.05) is 38.0 Å². The van der Waals surface area contributed by atoms with E-state index in [1.165, 1.54) is 11.8 Å². The molecular weight excluding hydrogens is 573 g/mol. The van der Waals surface area contributed by atoms with Gasteiger partial charge in [-0.15, -0.1) is 11.8 Å². The van der Waals surface area contributed by atoms with Gasteiger partial charge in [-0.25, -0.2) is 4.79 Å². The average Bonchev–Trinajstić information content (AvgIpc) is 3.28. The van der Waals surface area contributed by atoms with Crippen molar-refractivity contribution in [2.75, 3.05) is 31.1 Å². The third kappa shape index (κ3) is 6.08. The Hall–Kier alpha value is -1.93. The van der Waals surface area contributed by atoms with Gasteiger partial charge in [0.05, 0.1) is 9.26 Å². The highest BCUT2D eigenvalue weighted by atomic mass is 127. The maximum Gasteiger partial charge on any atom is 0.329 e. The minimum atomic E-state index is -0.918. The number of nitrogens with zero attached hydrogens (tertiary/aromatic N) is 3. The summed E-state index contributed by atoms with van der Waals surface area (Å²) in [5, 5.41) is 20.5. The minimum absolute atomic E-state index is 0.273. The first-order valence-electron chi connectivity index (χ1n) is 12.1. The van der Waals surface area contributed by atoms with E-state index in [9.17, 15) is 15.0 Å². The summed E-state index contributed by atoms with van der Waals surface area (Å²) in [5.74, 6) is 2.48. The van der Waals surface area contributed by atoms with Gasteiger partial charge < -0.3 is 15.1 Å². The number of piperidine rings is 1. The SMILES string of the molecule is CCN(CC)C1CCN(Cc2cc(N3C#CC(Sc4ccccc4)[C@H]3C(=O)O)cc(I)c2O)CC1. The molecule has 0 radical (unpaired) electrons. The Bertz CT molecular complexity index is 1090. The van der Waals surface area contributed by atoms with E-state index in [0.29, 0.717) is 16.2 Å². The summed E-state index contributed by atoms with van der Waals surface area (Å²) in [4.78, 5) is 19.8. The number of phenols is 1. The number of aromatic hydroxyl groups is 1. The minimum Gasteiger partial charge on any atom is -0.507 e. The quantitative estimate of drug-likeness (QED) is 0.318. The number of benzene rings is 2. The van der Waals surface area contributed by atoms with Crippen LogP contribution in [0.5, 0.6) is 5.75 Å². The highest BCUT2D eigenvalue weighted by Crippen LogP contribution is 2.36. The van der Waals surface area contributed by atoms with Crippen molar-refractivity contribution in [2.45, 2.75) is 55.5 Å². The molecule has 35 heavy (non-hydrogen) atoms. The van der Waals surface area contributed by atoms with Crippen LogP contribution in [0.4, 0.5) is 5.69 Å². The molecule has 8 heteroatoms. The topological polar surface area (TPSA) is 67.2 Å². The second-order valence-corrected chi connectivity index (χ2v) is 11.3. The molecule has 0 aliphatic carbocycles. The fraction of sp³-hybridized carbons (Fsp3) is 0.444. The van der Waals surface area contributed by atoms with E-state index < -0.39 is 12.0 Å². The number of anilines is 1. The number of likely N-dealkylation sites (tertiary alicyclic amines) is 1. The van der Waals surface area contributed by atoms with Gasteiger partial charge in [0.2, 0.25) is 0 Å². The number of phenolic OH excluding ortho intramolecular Hbond substituents is 1. The van der Waals surface area contributed by atoms with Crippen LogP contribution < -0.4 is 4.90 Å². The van der Waals surface area contributed by atoms with Crippen LogP contribution in [0.25, 0.3) is 0 Å². The summed E-state index contributed by atoms with van der Waals surface area (Å²) in [7, 11) is 0. The molecule has 1 unspecified atom stereocenters. The second-order valence-electron chi connectivity index (χ2n) is 8.92. The zero-order chi connectivity index (χ0) is 24.9. The molecule has 2 heterocycles. The van der Waals surface area contributed by atoms with Crippen LogP contribution in [-0.2, 0) is 11.3 Å². The largest absolute Gasteiger partial charge is 0.507 e. The number of carboxylic acids is 1. The Balaban J connectivity index is 1.50. The molecule has 2 aromatic carbocycles. The van der Waals surface area contributed by atoms with E-state index in [1.54, 1.807) is 4.90 Å². The molecule has 1 fully saturated rings. The van der Waals surface area contributed by atoms with Crippen LogP contribution in [-0.4, -0.2) is 69.5 Å². The van der Waals surface area contributed by atoms with E-state index in [4.69, 9.17) is 0 Å². The number of halogens is 1. The summed E-state index contributed by atoms with van der Waals surface area (Å²) in [5.41, 5.74) is 1.54. The number of hydrogen-bond acceptors (Lipinski definition) is 6. The summed E-state index contributed by atoms with van der Waals surface area (Å²) in [6.07, 6.45) is 2.24. The third-order valence-corrected chi connectivity index (χ3v) is 8.83. The molecule has 2 aromatic rings. The van der Waals surface area contributed by atoms with Gasteiger partial charge in [0, 0.05) is 29.1 Å². The van der Waals surface area contributed by atoms with Crippen LogP contribution in [0, 0.1) is 15.5 Å². The van der Waals surface area contributed by atoms with Gasteiger partial charge in [-0.05, 0) is 85.9 Å². The van der Waals surface area contributed by atoms with Crippen LogP contribution in [0.3, 0.4) is 0 Å². The number of carbonyl (C=O) groups is 1. The lowest BCUT2D eigenvalue weighted by Crippen LogP contribution is -2.44. The Morgan fingerprint density at radius 3 is 2.49 bits per heavy atom. The van der Waals surface area contributed by atoms with Crippen molar-refractivity contribution >= 4 is 46.0 Å². The smallest absolute Gasteiger partial charge is 0.329 e. The van der Waals surface area contributed by atoms with Gasteiger partial charge in [0.25, 0.3) is 0 Å². The highest BCUT2D eigenvalue weighted by molar-refractivity contribution is 14.1. The predicted molar refractivity (Wildman–Crippen MR) is 150 cm³/mol. The highest BCUT2D eigenvalue weighted by Gasteiger charge is 2.38. The molecule has 2 N–H and O–H groups in total. The van der Waals surface area contributed by atoms with Crippen LogP contribution >= 0.6 is 34.4 Å². The van der Waals surface area contributed by atoms with E-state index in [-0.39, 0.29) is 11.0 Å². The van der Waals surface area contributed by atoms with Gasteiger partial charge in [0.15, 0.2) is 6.04 Å².